The number of amidine groups is 1. The zero-order chi connectivity index (χ0) is 29.5. The second kappa shape index (κ2) is 10.9. The molecule has 2 aliphatic heterocycles. The molecule has 41 heavy (non-hydrogen) atoms. The number of likely N-dealkylation sites (tertiary alicyclic amines) is 1. The van der Waals surface area contributed by atoms with Crippen molar-refractivity contribution in [1.29, 1.82) is 0 Å². The largest absolute Gasteiger partial charge is 0.469 e. The van der Waals surface area contributed by atoms with Gasteiger partial charge in [-0.05, 0) is 66.1 Å². The molecule has 14 heteroatoms. The van der Waals surface area contributed by atoms with E-state index in [9.17, 15) is 35.9 Å². The Balaban J connectivity index is 1.32. The Morgan fingerprint density at radius 2 is 1.80 bits per heavy atom. The normalized spacial score (nSPS) is 17.9. The number of nitrogens with zero attached hydrogens (tertiary/aromatic N) is 4. The van der Waals surface area contributed by atoms with Crippen LogP contribution in [-0.4, -0.2) is 51.9 Å². The standard InChI is InChI=1S/C27H22F6N4O3S/c1-40-24(39)16-6-8-36(9-7-16)25-35-23(38)22(41-25)11-15-2-5-21-18(10-15)13-34-37(21)14-17-3-4-19(26(28,29)30)12-20(17)27(31,32)33/h2-5,10-13,16H,6-9,14H2,1H3. The number of fused-ring (bicyclic) bond motifs is 1. The summed E-state index contributed by atoms with van der Waals surface area (Å²) in [4.78, 5) is 30.8. The van der Waals surface area contributed by atoms with E-state index in [0.717, 1.165) is 6.07 Å². The molecule has 2 aliphatic rings. The molecule has 7 nitrogen and oxygen atoms in total. The Bertz CT molecular complexity index is 1570. The third kappa shape index (κ3) is 6.11. The van der Waals surface area contributed by atoms with Crippen molar-refractivity contribution in [3.05, 3.63) is 69.8 Å². The highest BCUT2D eigenvalue weighted by Crippen LogP contribution is 2.38. The van der Waals surface area contributed by atoms with Gasteiger partial charge in [0.1, 0.15) is 0 Å². The number of hydrogen-bond acceptors (Lipinski definition) is 6. The van der Waals surface area contributed by atoms with E-state index < -0.39 is 35.9 Å². The Morgan fingerprint density at radius 1 is 1.07 bits per heavy atom. The van der Waals surface area contributed by atoms with Crippen LogP contribution >= 0.6 is 11.8 Å². The summed E-state index contributed by atoms with van der Waals surface area (Å²) in [7, 11) is 1.35. The lowest BCUT2D eigenvalue weighted by atomic mass is 9.97. The molecule has 3 heterocycles. The van der Waals surface area contributed by atoms with Crippen molar-refractivity contribution in [1.82, 2.24) is 14.7 Å². The average Bonchev–Trinajstić information content (AvgIpc) is 3.49. The summed E-state index contributed by atoms with van der Waals surface area (Å²) in [5.74, 6) is -0.833. The number of piperidine rings is 1. The van der Waals surface area contributed by atoms with Gasteiger partial charge in [0.25, 0.3) is 5.91 Å². The lowest BCUT2D eigenvalue weighted by Crippen LogP contribution is -2.38. The minimum Gasteiger partial charge on any atom is -0.469 e. The molecule has 0 bridgehead atoms. The average molecular weight is 597 g/mol. The van der Waals surface area contributed by atoms with Gasteiger partial charge in [0.2, 0.25) is 0 Å². The van der Waals surface area contributed by atoms with E-state index in [2.05, 4.69) is 10.1 Å². The van der Waals surface area contributed by atoms with Gasteiger partial charge < -0.3 is 9.64 Å². The van der Waals surface area contributed by atoms with Gasteiger partial charge in [-0.2, -0.15) is 36.4 Å². The van der Waals surface area contributed by atoms with E-state index in [1.54, 1.807) is 24.3 Å². The Labute approximate surface area is 233 Å². The molecule has 0 aliphatic carbocycles. The molecule has 0 atom stereocenters. The molecule has 1 amide bonds. The first-order valence-corrected chi connectivity index (χ1v) is 13.2. The third-order valence-electron chi connectivity index (χ3n) is 6.94. The van der Waals surface area contributed by atoms with Crippen molar-refractivity contribution in [2.45, 2.75) is 31.7 Å². The lowest BCUT2D eigenvalue weighted by Gasteiger charge is -2.31. The van der Waals surface area contributed by atoms with E-state index >= 15 is 0 Å². The first kappa shape index (κ1) is 28.7. The first-order chi connectivity index (χ1) is 19.3. The minimum atomic E-state index is -4.98. The number of aromatic nitrogens is 2. The van der Waals surface area contributed by atoms with Gasteiger partial charge in [-0.3, -0.25) is 14.3 Å². The van der Waals surface area contributed by atoms with Crippen LogP contribution < -0.4 is 0 Å². The molecule has 0 N–H and O–H groups in total. The van der Waals surface area contributed by atoms with Crippen molar-refractivity contribution in [3.8, 4) is 0 Å². The number of halogens is 6. The SMILES string of the molecule is COC(=O)C1CCN(C2=NC(=O)C(=Cc3ccc4c(cnn4Cc4ccc(C(F)(F)F)cc4C(F)(F)F)c3)S2)CC1. The second-order valence-corrected chi connectivity index (χ2v) is 10.6. The molecule has 3 aromatic rings. The highest BCUT2D eigenvalue weighted by Gasteiger charge is 2.38. The minimum absolute atomic E-state index is 0.110. The number of methoxy groups -OCH3 is 1. The van der Waals surface area contributed by atoms with Gasteiger partial charge in [0.15, 0.2) is 5.17 Å². The quantitative estimate of drug-likeness (QED) is 0.210. The summed E-state index contributed by atoms with van der Waals surface area (Å²) in [6.07, 6.45) is -5.62. The maximum Gasteiger partial charge on any atom is 0.416 e. The molecule has 0 saturated carbocycles. The van der Waals surface area contributed by atoms with Gasteiger partial charge in [0.05, 0.1) is 47.3 Å². The molecule has 0 unspecified atom stereocenters. The number of benzene rings is 2. The van der Waals surface area contributed by atoms with E-state index in [1.807, 2.05) is 4.90 Å². The zero-order valence-electron chi connectivity index (χ0n) is 21.4. The number of thioether (sulfide) groups is 1. The number of aliphatic imine (C=N–C) groups is 1. The van der Waals surface area contributed by atoms with E-state index in [-0.39, 0.29) is 23.5 Å². The van der Waals surface area contributed by atoms with Crippen molar-refractivity contribution in [2.75, 3.05) is 20.2 Å². The van der Waals surface area contributed by atoms with Crippen LogP contribution in [0, 0.1) is 5.92 Å². The van der Waals surface area contributed by atoms with Crippen LogP contribution in [0.5, 0.6) is 0 Å². The Kier molecular flexibility index (Phi) is 7.62. The molecule has 216 valence electrons. The van der Waals surface area contributed by atoms with Crippen molar-refractivity contribution in [3.63, 3.8) is 0 Å². The Hall–Kier alpha value is -3.81. The maximum absolute atomic E-state index is 13.6. The first-order valence-electron chi connectivity index (χ1n) is 12.4. The molecule has 1 aromatic heterocycles. The third-order valence-corrected chi connectivity index (χ3v) is 7.98. The molecule has 1 saturated heterocycles. The van der Waals surface area contributed by atoms with Gasteiger partial charge in [-0.15, -0.1) is 0 Å². The van der Waals surface area contributed by atoms with Crippen LogP contribution in [0.4, 0.5) is 26.3 Å². The fourth-order valence-corrected chi connectivity index (χ4v) is 5.76. The number of alkyl halides is 6. The number of rotatable bonds is 4. The van der Waals surface area contributed by atoms with Crippen LogP contribution in [-0.2, 0) is 33.2 Å². The van der Waals surface area contributed by atoms with E-state index in [0.29, 0.717) is 58.5 Å². The predicted octanol–water partition coefficient (Wildman–Crippen LogP) is 5.98. The number of esters is 1. The molecular weight excluding hydrogens is 574 g/mol. The van der Waals surface area contributed by atoms with Crippen LogP contribution in [0.25, 0.3) is 17.0 Å². The molecule has 0 spiro atoms. The van der Waals surface area contributed by atoms with E-state index in [1.165, 1.54) is 29.8 Å². The number of hydrogen-bond donors (Lipinski definition) is 0. The predicted molar refractivity (Wildman–Crippen MR) is 140 cm³/mol. The molecular formula is C27H22F6N4O3S. The highest BCUT2D eigenvalue weighted by atomic mass is 32.2. The van der Waals surface area contributed by atoms with Gasteiger partial charge in [0, 0.05) is 18.5 Å². The van der Waals surface area contributed by atoms with Crippen LogP contribution in [0.3, 0.4) is 0 Å². The fraction of sp³-hybridized carbons (Fsp3) is 0.333. The van der Waals surface area contributed by atoms with Gasteiger partial charge >= 0.3 is 18.3 Å². The zero-order valence-corrected chi connectivity index (χ0v) is 22.2. The molecule has 1 fully saturated rings. The smallest absolute Gasteiger partial charge is 0.416 e. The monoisotopic (exact) mass is 596 g/mol. The van der Waals surface area contributed by atoms with E-state index in [4.69, 9.17) is 4.74 Å². The molecule has 2 aromatic carbocycles. The summed E-state index contributed by atoms with van der Waals surface area (Å²) < 4.78 is 85.9. The summed E-state index contributed by atoms with van der Waals surface area (Å²) in [6, 6.07) is 6.54. The second-order valence-electron chi connectivity index (χ2n) is 9.58. The number of ether oxygens (including phenoxy) is 1. The number of carbonyl (C=O) groups is 2. The van der Waals surface area contributed by atoms with Gasteiger partial charge in [-0.1, -0.05) is 12.1 Å². The lowest BCUT2D eigenvalue weighted by molar-refractivity contribution is -0.147. The summed E-state index contributed by atoms with van der Waals surface area (Å²) in [5, 5.41) is 5.26. The van der Waals surface area contributed by atoms with Crippen LogP contribution in [0.1, 0.15) is 35.1 Å². The number of amides is 1. The Morgan fingerprint density at radius 3 is 2.46 bits per heavy atom. The van der Waals surface area contributed by atoms with Gasteiger partial charge in [-0.25, -0.2) is 0 Å². The topological polar surface area (TPSA) is 76.8 Å². The summed E-state index contributed by atoms with van der Waals surface area (Å²) >= 11 is 1.22. The summed E-state index contributed by atoms with van der Waals surface area (Å²) in [6.45, 7) is 0.730. The number of carbonyl (C=O) groups excluding carboxylic acids is 2. The van der Waals surface area contributed by atoms with Crippen molar-refractivity contribution >= 4 is 45.8 Å². The fourth-order valence-electron chi connectivity index (χ4n) is 4.80. The van der Waals surface area contributed by atoms with Crippen molar-refractivity contribution in [2.24, 2.45) is 10.9 Å². The molecule has 5 rings (SSSR count). The van der Waals surface area contributed by atoms with Crippen LogP contribution in [0.2, 0.25) is 0 Å². The maximum atomic E-state index is 13.6. The molecule has 0 radical (unpaired) electrons. The van der Waals surface area contributed by atoms with Crippen LogP contribution in [0.15, 0.2) is 52.5 Å². The summed E-state index contributed by atoms with van der Waals surface area (Å²) in [5.41, 5.74) is -2.00. The van der Waals surface area contributed by atoms with Crippen molar-refractivity contribution < 1.29 is 40.7 Å². The highest BCUT2D eigenvalue weighted by molar-refractivity contribution is 8.18.